The zero-order valence-electron chi connectivity index (χ0n) is 17.5. The lowest BCUT2D eigenvalue weighted by atomic mass is 10.1. The highest BCUT2D eigenvalue weighted by Gasteiger charge is 2.38. The van der Waals surface area contributed by atoms with E-state index in [0.29, 0.717) is 11.4 Å². The number of benzene rings is 2. The lowest BCUT2D eigenvalue weighted by Crippen LogP contribution is -2.52. The first-order chi connectivity index (χ1) is 13.6. The summed E-state index contributed by atoms with van der Waals surface area (Å²) in [6, 6.07) is 12.0. The second kappa shape index (κ2) is 8.06. The quantitative estimate of drug-likeness (QED) is 0.810. The van der Waals surface area contributed by atoms with E-state index in [9.17, 15) is 13.2 Å². The normalized spacial score (nSPS) is 17.4. The molecule has 0 fully saturated rings. The molecule has 0 spiro atoms. The van der Waals surface area contributed by atoms with E-state index < -0.39 is 16.1 Å². The smallest absolute Gasteiger partial charge is 0.264 e. The number of hydrogen-bond donors (Lipinski definition) is 1. The topological polar surface area (TPSA) is 75.7 Å². The number of fused-ring (bicyclic) bond motifs is 1. The van der Waals surface area contributed by atoms with Crippen LogP contribution in [-0.4, -0.2) is 33.0 Å². The van der Waals surface area contributed by atoms with Crippen LogP contribution < -0.4 is 14.4 Å². The predicted molar refractivity (Wildman–Crippen MR) is 114 cm³/mol. The molecule has 29 heavy (non-hydrogen) atoms. The minimum atomic E-state index is -3.85. The van der Waals surface area contributed by atoms with Gasteiger partial charge in [-0.05, 0) is 56.5 Å². The molecule has 7 heteroatoms. The number of aryl methyl sites for hydroxylation is 2. The van der Waals surface area contributed by atoms with Crippen LogP contribution in [0.25, 0.3) is 0 Å². The Morgan fingerprint density at radius 2 is 1.69 bits per heavy atom. The van der Waals surface area contributed by atoms with E-state index in [-0.39, 0.29) is 29.3 Å². The average molecular weight is 417 g/mol. The average Bonchev–Trinajstić information content (AvgIpc) is 2.67. The summed E-state index contributed by atoms with van der Waals surface area (Å²) in [6.45, 7) is 9.66. The van der Waals surface area contributed by atoms with Crippen molar-refractivity contribution in [3.63, 3.8) is 0 Å². The summed E-state index contributed by atoms with van der Waals surface area (Å²) in [5.41, 5.74) is 2.33. The maximum atomic E-state index is 13.4. The van der Waals surface area contributed by atoms with E-state index in [2.05, 4.69) is 5.32 Å². The van der Waals surface area contributed by atoms with E-state index in [1.54, 1.807) is 36.4 Å². The van der Waals surface area contributed by atoms with Gasteiger partial charge in [-0.15, -0.1) is 0 Å². The molecule has 0 saturated heterocycles. The zero-order chi connectivity index (χ0) is 21.3. The molecular formula is C22H28N2O4S. The molecule has 1 amide bonds. The minimum absolute atomic E-state index is 0.0485. The summed E-state index contributed by atoms with van der Waals surface area (Å²) in [6.07, 6.45) is -0.924. The van der Waals surface area contributed by atoms with E-state index in [4.69, 9.17) is 4.74 Å². The van der Waals surface area contributed by atoms with Crippen LogP contribution in [-0.2, 0) is 14.8 Å². The molecule has 3 rings (SSSR count). The molecule has 6 nitrogen and oxygen atoms in total. The number of nitrogens with zero attached hydrogens (tertiary/aromatic N) is 1. The van der Waals surface area contributed by atoms with Gasteiger partial charge >= 0.3 is 0 Å². The Morgan fingerprint density at radius 1 is 1.07 bits per heavy atom. The Labute approximate surface area is 172 Å². The Bertz CT molecular complexity index is 1000. The molecule has 0 aromatic heterocycles. The highest BCUT2D eigenvalue weighted by atomic mass is 32.2. The summed E-state index contributed by atoms with van der Waals surface area (Å²) in [5, 5.41) is 2.93. The van der Waals surface area contributed by atoms with Crippen molar-refractivity contribution in [2.75, 3.05) is 10.8 Å². The van der Waals surface area contributed by atoms with Crippen LogP contribution >= 0.6 is 0 Å². The molecule has 0 radical (unpaired) electrons. The Kier molecular flexibility index (Phi) is 5.89. The fourth-order valence-corrected chi connectivity index (χ4v) is 4.51. The number of nitrogens with one attached hydrogen (secondary N) is 1. The number of anilines is 1. The molecule has 156 valence electrons. The van der Waals surface area contributed by atoms with Gasteiger partial charge in [0, 0.05) is 6.04 Å². The summed E-state index contributed by atoms with van der Waals surface area (Å²) in [4.78, 5) is 13.0. The lowest BCUT2D eigenvalue weighted by Gasteiger charge is -2.35. The molecular weight excluding hydrogens is 388 g/mol. The van der Waals surface area contributed by atoms with Gasteiger partial charge in [-0.25, -0.2) is 8.42 Å². The summed E-state index contributed by atoms with van der Waals surface area (Å²) < 4.78 is 34.0. The highest BCUT2D eigenvalue weighted by Crippen LogP contribution is 2.37. The number of rotatable bonds is 5. The van der Waals surface area contributed by atoms with Crippen LogP contribution in [0.1, 0.15) is 31.9 Å². The van der Waals surface area contributed by atoms with Gasteiger partial charge in [-0.1, -0.05) is 37.6 Å². The Morgan fingerprint density at radius 3 is 2.31 bits per heavy atom. The highest BCUT2D eigenvalue weighted by molar-refractivity contribution is 7.92. The van der Waals surface area contributed by atoms with E-state index in [1.807, 2.05) is 40.7 Å². The van der Waals surface area contributed by atoms with Crippen molar-refractivity contribution in [2.45, 2.75) is 51.7 Å². The summed E-state index contributed by atoms with van der Waals surface area (Å²) in [5.74, 6) is 0.321. The number of sulfonamides is 1. The third-order valence-electron chi connectivity index (χ3n) is 5.26. The van der Waals surface area contributed by atoms with Gasteiger partial charge in [0.05, 0.1) is 17.1 Å². The van der Waals surface area contributed by atoms with Gasteiger partial charge in [0.1, 0.15) is 5.75 Å². The Hall–Kier alpha value is -2.54. The van der Waals surface area contributed by atoms with Crippen LogP contribution in [0, 0.1) is 19.8 Å². The maximum absolute atomic E-state index is 13.4. The zero-order valence-corrected chi connectivity index (χ0v) is 18.3. The first kappa shape index (κ1) is 21.2. The third-order valence-corrected chi connectivity index (χ3v) is 7.05. The van der Waals surface area contributed by atoms with E-state index in [0.717, 1.165) is 11.1 Å². The van der Waals surface area contributed by atoms with E-state index >= 15 is 0 Å². The summed E-state index contributed by atoms with van der Waals surface area (Å²) >= 11 is 0. The standard InChI is InChI=1S/C22H28N2O4S/c1-14(2)17(5)23-22(25)21-13-24(19-12-16(4)8-11-20(19)28-21)29(26,27)18-9-6-15(3)7-10-18/h6-12,14,17,21H,13H2,1-5H3,(H,23,25)/t17-,21-/m0/s1. The van der Waals surface area contributed by atoms with Gasteiger partial charge in [-0.2, -0.15) is 0 Å². The minimum Gasteiger partial charge on any atom is -0.476 e. The predicted octanol–water partition coefficient (Wildman–Crippen LogP) is 3.42. The van der Waals surface area contributed by atoms with Crippen LogP contribution in [0.4, 0.5) is 5.69 Å². The first-order valence-corrected chi connectivity index (χ1v) is 11.2. The van der Waals surface area contributed by atoms with Gasteiger partial charge < -0.3 is 10.1 Å². The van der Waals surface area contributed by atoms with Crippen LogP contribution in [0.3, 0.4) is 0 Å². The summed E-state index contributed by atoms with van der Waals surface area (Å²) in [7, 11) is -3.85. The van der Waals surface area contributed by atoms with Gasteiger partial charge in [0.15, 0.2) is 6.10 Å². The van der Waals surface area contributed by atoms with Crippen LogP contribution in [0.15, 0.2) is 47.4 Å². The molecule has 2 aromatic carbocycles. The number of carbonyl (C=O) groups excluding carboxylic acids is 1. The lowest BCUT2D eigenvalue weighted by molar-refractivity contribution is -0.128. The van der Waals surface area contributed by atoms with E-state index in [1.165, 1.54) is 4.31 Å². The van der Waals surface area contributed by atoms with Crippen molar-refractivity contribution < 1.29 is 17.9 Å². The molecule has 0 bridgehead atoms. The monoisotopic (exact) mass is 416 g/mol. The third kappa shape index (κ3) is 4.40. The van der Waals surface area contributed by atoms with Gasteiger partial charge in [0.2, 0.25) is 0 Å². The second-order valence-corrected chi connectivity index (χ2v) is 9.83. The molecule has 1 heterocycles. The molecule has 2 atom stereocenters. The van der Waals surface area contributed by atoms with Crippen molar-refractivity contribution in [2.24, 2.45) is 5.92 Å². The number of ether oxygens (including phenoxy) is 1. The Balaban J connectivity index is 1.99. The fourth-order valence-electron chi connectivity index (χ4n) is 3.05. The van der Waals surface area contributed by atoms with Gasteiger partial charge in [0.25, 0.3) is 15.9 Å². The van der Waals surface area contributed by atoms with Crippen molar-refractivity contribution in [3.05, 3.63) is 53.6 Å². The first-order valence-electron chi connectivity index (χ1n) is 9.76. The number of hydrogen-bond acceptors (Lipinski definition) is 4. The largest absolute Gasteiger partial charge is 0.476 e. The number of carbonyl (C=O) groups is 1. The maximum Gasteiger partial charge on any atom is 0.264 e. The van der Waals surface area contributed by atoms with Crippen LogP contribution in [0.5, 0.6) is 5.75 Å². The van der Waals surface area contributed by atoms with Crippen molar-refractivity contribution >= 4 is 21.6 Å². The van der Waals surface area contributed by atoms with Crippen LogP contribution in [0.2, 0.25) is 0 Å². The molecule has 2 aromatic rings. The SMILES string of the molecule is Cc1ccc(S(=O)(=O)N2C[C@@H](C(=O)N[C@@H](C)C(C)C)Oc3ccc(C)cc32)cc1. The van der Waals surface area contributed by atoms with Crippen molar-refractivity contribution in [1.82, 2.24) is 5.32 Å². The molecule has 0 saturated carbocycles. The fraction of sp³-hybridized carbons (Fsp3) is 0.409. The second-order valence-electron chi connectivity index (χ2n) is 7.97. The molecule has 1 aliphatic rings. The molecule has 0 unspecified atom stereocenters. The molecule has 1 aliphatic heterocycles. The molecule has 0 aliphatic carbocycles. The van der Waals surface area contributed by atoms with Crippen molar-refractivity contribution in [1.29, 1.82) is 0 Å². The number of amides is 1. The molecule has 1 N–H and O–H groups in total. The van der Waals surface area contributed by atoms with Gasteiger partial charge in [-0.3, -0.25) is 9.10 Å². The van der Waals surface area contributed by atoms with Crippen molar-refractivity contribution in [3.8, 4) is 5.75 Å².